The normalized spacial score (nSPS) is 11.5. The molecule has 0 spiro atoms. The number of thiophene rings is 1. The molecular weight excluding hydrogens is 316 g/mol. The van der Waals surface area contributed by atoms with Crippen LogP contribution in [0, 0.1) is 6.92 Å². The van der Waals surface area contributed by atoms with E-state index in [0.29, 0.717) is 11.3 Å². The first-order chi connectivity index (χ1) is 11.8. The van der Waals surface area contributed by atoms with Crippen LogP contribution in [0.15, 0.2) is 54.6 Å². The molecule has 0 N–H and O–H groups in total. The molecule has 0 saturated heterocycles. The van der Waals surface area contributed by atoms with E-state index in [1.54, 1.807) is 11.3 Å². The van der Waals surface area contributed by atoms with Crippen LogP contribution in [0.1, 0.15) is 5.69 Å². The fourth-order valence-electron chi connectivity index (χ4n) is 2.86. The van der Waals surface area contributed by atoms with Gasteiger partial charge in [0.1, 0.15) is 5.69 Å². The molecule has 114 valence electrons. The van der Waals surface area contributed by atoms with Crippen molar-refractivity contribution in [2.24, 2.45) is 0 Å². The number of fused-ring (bicyclic) bond motifs is 3. The summed E-state index contributed by atoms with van der Waals surface area (Å²) in [6, 6.07) is 18.3. The molecule has 3 aromatic heterocycles. The van der Waals surface area contributed by atoms with Crippen LogP contribution >= 0.6 is 11.3 Å². The largest absolute Gasteiger partial charge is 0.228 e. The summed E-state index contributed by atoms with van der Waals surface area (Å²) in [5.74, 6) is 0. The fourth-order valence-corrected chi connectivity index (χ4v) is 3.97. The minimum absolute atomic E-state index is 0.590. The summed E-state index contributed by atoms with van der Waals surface area (Å²) in [5, 5.41) is 1.23. The highest BCUT2D eigenvalue weighted by molar-refractivity contribution is 7.22. The molecule has 0 amide bonds. The first-order valence-electron chi connectivity index (χ1n) is 7.68. The van der Waals surface area contributed by atoms with E-state index < -0.39 is 0 Å². The van der Waals surface area contributed by atoms with Crippen molar-refractivity contribution in [2.45, 2.75) is 6.92 Å². The highest BCUT2D eigenvalue weighted by Gasteiger charge is 2.13. The Hall–Kier alpha value is -2.92. The predicted octanol–water partition coefficient (Wildman–Crippen LogP) is 4.76. The Morgan fingerprint density at radius 2 is 1.42 bits per heavy atom. The molecule has 0 unspecified atom stereocenters. The van der Waals surface area contributed by atoms with Crippen LogP contribution in [-0.2, 0) is 0 Å². The van der Waals surface area contributed by atoms with Crippen molar-refractivity contribution in [3.05, 3.63) is 60.3 Å². The average Bonchev–Trinajstić information content (AvgIpc) is 3.03. The molecular formula is C19H12N4S. The third kappa shape index (κ3) is 2.06. The zero-order valence-corrected chi connectivity index (χ0v) is 13.7. The third-order valence-corrected chi connectivity index (χ3v) is 5.15. The molecule has 0 aliphatic rings. The summed E-state index contributed by atoms with van der Waals surface area (Å²) in [5.41, 5.74) is 4.62. The van der Waals surface area contributed by atoms with E-state index in [1.165, 1.54) is 10.1 Å². The molecule has 2 aromatic carbocycles. The van der Waals surface area contributed by atoms with E-state index >= 15 is 0 Å². The molecule has 5 rings (SSSR count). The van der Waals surface area contributed by atoms with E-state index in [4.69, 9.17) is 4.98 Å². The van der Waals surface area contributed by atoms with Gasteiger partial charge in [-0.15, -0.1) is 11.3 Å². The number of aromatic nitrogens is 4. The summed E-state index contributed by atoms with van der Waals surface area (Å²) in [7, 11) is 0. The zero-order chi connectivity index (χ0) is 16.1. The van der Waals surface area contributed by atoms with Gasteiger partial charge in [0, 0.05) is 4.70 Å². The third-order valence-electron chi connectivity index (χ3n) is 4.03. The van der Waals surface area contributed by atoms with E-state index in [1.807, 2.05) is 31.2 Å². The van der Waals surface area contributed by atoms with Gasteiger partial charge >= 0.3 is 0 Å². The molecule has 0 aliphatic carbocycles. The Morgan fingerprint density at radius 1 is 0.750 bits per heavy atom. The Bertz CT molecular complexity index is 1190. The van der Waals surface area contributed by atoms with E-state index in [0.717, 1.165) is 27.3 Å². The maximum absolute atomic E-state index is 4.76. The molecule has 0 atom stereocenters. The van der Waals surface area contributed by atoms with Gasteiger partial charge in [0.05, 0.1) is 21.6 Å². The van der Waals surface area contributed by atoms with Gasteiger partial charge in [-0.05, 0) is 36.6 Å². The lowest BCUT2D eigenvalue weighted by Gasteiger charge is -2.04. The second-order valence-electron chi connectivity index (χ2n) is 5.67. The molecule has 5 heteroatoms. The number of hydrogen-bond donors (Lipinski definition) is 0. The first kappa shape index (κ1) is 13.5. The maximum Gasteiger partial charge on any atom is 0.199 e. The molecule has 24 heavy (non-hydrogen) atoms. The minimum Gasteiger partial charge on any atom is -0.228 e. The van der Waals surface area contributed by atoms with Crippen LogP contribution in [0.2, 0.25) is 0 Å². The van der Waals surface area contributed by atoms with Crippen molar-refractivity contribution in [3.63, 3.8) is 0 Å². The number of aryl methyl sites for hydroxylation is 1. The Morgan fingerprint density at radius 3 is 2.17 bits per heavy atom. The van der Waals surface area contributed by atoms with Crippen molar-refractivity contribution >= 4 is 43.8 Å². The van der Waals surface area contributed by atoms with Gasteiger partial charge in [-0.2, -0.15) is 0 Å². The fraction of sp³-hybridized carbons (Fsp3) is 0.0526. The van der Waals surface area contributed by atoms with Gasteiger partial charge in [0.15, 0.2) is 11.3 Å². The molecule has 3 heterocycles. The molecule has 4 nitrogen and oxygen atoms in total. The molecule has 0 fully saturated rings. The summed E-state index contributed by atoms with van der Waals surface area (Å²) in [6.07, 6.45) is 0. The van der Waals surface area contributed by atoms with Crippen LogP contribution in [0.4, 0.5) is 0 Å². The molecule has 5 aromatic rings. The highest BCUT2D eigenvalue weighted by Crippen LogP contribution is 2.34. The van der Waals surface area contributed by atoms with Crippen molar-refractivity contribution in [3.8, 4) is 10.6 Å². The van der Waals surface area contributed by atoms with Crippen molar-refractivity contribution in [1.82, 2.24) is 19.9 Å². The van der Waals surface area contributed by atoms with Crippen molar-refractivity contribution in [2.75, 3.05) is 0 Å². The molecule has 0 saturated carbocycles. The highest BCUT2D eigenvalue weighted by atomic mass is 32.1. The SMILES string of the molecule is Cc1nc2nc3ccccc3nc2nc1-c1cc2ccccc2s1. The van der Waals surface area contributed by atoms with Gasteiger partial charge in [0.25, 0.3) is 0 Å². The Kier molecular flexibility index (Phi) is 2.84. The van der Waals surface area contributed by atoms with Gasteiger partial charge in [-0.25, -0.2) is 19.9 Å². The smallest absolute Gasteiger partial charge is 0.199 e. The van der Waals surface area contributed by atoms with Gasteiger partial charge < -0.3 is 0 Å². The Labute approximate surface area is 141 Å². The summed E-state index contributed by atoms with van der Waals surface area (Å²) < 4.78 is 1.25. The second-order valence-corrected chi connectivity index (χ2v) is 6.75. The summed E-state index contributed by atoms with van der Waals surface area (Å²) in [6.45, 7) is 1.98. The van der Waals surface area contributed by atoms with Crippen molar-refractivity contribution < 1.29 is 0 Å². The monoisotopic (exact) mass is 328 g/mol. The quantitative estimate of drug-likeness (QED) is 0.416. The number of hydrogen-bond acceptors (Lipinski definition) is 5. The molecule has 0 aliphatic heterocycles. The lowest BCUT2D eigenvalue weighted by atomic mass is 10.2. The van der Waals surface area contributed by atoms with Crippen molar-refractivity contribution in [1.29, 1.82) is 0 Å². The molecule has 0 radical (unpaired) electrons. The van der Waals surface area contributed by atoms with Gasteiger partial charge in [-0.3, -0.25) is 0 Å². The van der Waals surface area contributed by atoms with Crippen LogP contribution in [0.3, 0.4) is 0 Å². The molecule has 0 bridgehead atoms. The van der Waals surface area contributed by atoms with E-state index in [2.05, 4.69) is 45.3 Å². The van der Waals surface area contributed by atoms with Gasteiger partial charge in [0.2, 0.25) is 0 Å². The van der Waals surface area contributed by atoms with Crippen LogP contribution in [-0.4, -0.2) is 19.9 Å². The van der Waals surface area contributed by atoms with E-state index in [9.17, 15) is 0 Å². The number of nitrogens with zero attached hydrogens (tertiary/aromatic N) is 4. The van der Waals surface area contributed by atoms with E-state index in [-0.39, 0.29) is 0 Å². The van der Waals surface area contributed by atoms with Gasteiger partial charge in [-0.1, -0.05) is 30.3 Å². The Balaban J connectivity index is 1.78. The number of rotatable bonds is 1. The maximum atomic E-state index is 4.76. The number of benzene rings is 2. The average molecular weight is 328 g/mol. The van der Waals surface area contributed by atoms with Crippen LogP contribution < -0.4 is 0 Å². The lowest BCUT2D eigenvalue weighted by molar-refractivity contribution is 1.14. The van der Waals surface area contributed by atoms with Crippen LogP contribution in [0.25, 0.3) is 43.0 Å². The number of para-hydroxylation sites is 2. The summed E-state index contributed by atoms with van der Waals surface area (Å²) >= 11 is 1.73. The first-order valence-corrected chi connectivity index (χ1v) is 8.50. The standard InChI is InChI=1S/C19H12N4S/c1-11-17(16-10-12-6-2-5-9-15(12)24-16)23-19-18(20-11)21-13-7-3-4-8-14(13)22-19/h2-10H,1H3. The lowest BCUT2D eigenvalue weighted by Crippen LogP contribution is -1.98. The zero-order valence-electron chi connectivity index (χ0n) is 12.9. The predicted molar refractivity (Wildman–Crippen MR) is 98.2 cm³/mol. The minimum atomic E-state index is 0.590. The van der Waals surface area contributed by atoms with Crippen LogP contribution in [0.5, 0.6) is 0 Å². The summed E-state index contributed by atoms with van der Waals surface area (Å²) in [4.78, 5) is 19.7. The topological polar surface area (TPSA) is 51.6 Å². The second kappa shape index (κ2) is 5.04.